The molecule has 1 aromatic carbocycles. The molecule has 1 aromatic rings. The fourth-order valence-corrected chi connectivity index (χ4v) is 2.40. The van der Waals surface area contributed by atoms with E-state index in [-0.39, 0.29) is 10.7 Å². The highest BCUT2D eigenvalue weighted by atomic mass is 32.1. The molecule has 1 atom stereocenters. The van der Waals surface area contributed by atoms with Gasteiger partial charge in [-0.2, -0.15) is 13.2 Å². The lowest BCUT2D eigenvalue weighted by Crippen LogP contribution is -2.60. The number of alkyl halides is 3. The second kappa shape index (κ2) is 4.52. The van der Waals surface area contributed by atoms with E-state index in [2.05, 4.69) is 10.6 Å². The lowest BCUT2D eigenvalue weighted by Gasteiger charge is -2.39. The van der Waals surface area contributed by atoms with Gasteiger partial charge in [-0.3, -0.25) is 0 Å². The van der Waals surface area contributed by atoms with E-state index >= 15 is 0 Å². The van der Waals surface area contributed by atoms with Crippen molar-refractivity contribution in [1.82, 2.24) is 10.6 Å². The standard InChI is InChI=1S/C13H13F3N2S/c1-8-3-5-10(6-4-8)12(13(14,15)16)7-9(2)17-11(19)18-12/h3-7H,1-2H3,(H2,17,18,19). The molecule has 19 heavy (non-hydrogen) atoms. The topological polar surface area (TPSA) is 24.1 Å². The normalized spacial score (nSPS) is 23.4. The summed E-state index contributed by atoms with van der Waals surface area (Å²) in [5.41, 5.74) is -0.874. The van der Waals surface area contributed by atoms with Crippen LogP contribution in [0, 0.1) is 6.92 Å². The number of hydrogen-bond acceptors (Lipinski definition) is 1. The molecule has 1 aliphatic heterocycles. The molecule has 0 amide bonds. The first-order valence-corrected chi connectivity index (χ1v) is 6.08. The Bertz CT molecular complexity index is 534. The van der Waals surface area contributed by atoms with E-state index in [9.17, 15) is 13.2 Å². The van der Waals surface area contributed by atoms with Crippen LogP contribution in [0.2, 0.25) is 0 Å². The molecule has 6 heteroatoms. The van der Waals surface area contributed by atoms with E-state index in [1.165, 1.54) is 12.1 Å². The average molecular weight is 286 g/mol. The number of allylic oxidation sites excluding steroid dienone is 1. The van der Waals surface area contributed by atoms with Crippen LogP contribution in [0.1, 0.15) is 18.1 Å². The van der Waals surface area contributed by atoms with Crippen molar-refractivity contribution in [3.63, 3.8) is 0 Å². The zero-order valence-electron chi connectivity index (χ0n) is 10.4. The second-order valence-electron chi connectivity index (χ2n) is 4.58. The first-order valence-electron chi connectivity index (χ1n) is 5.67. The van der Waals surface area contributed by atoms with E-state index in [0.717, 1.165) is 11.6 Å². The molecule has 0 aliphatic carbocycles. The van der Waals surface area contributed by atoms with Gasteiger partial charge in [0.05, 0.1) is 0 Å². The number of benzene rings is 1. The highest BCUT2D eigenvalue weighted by Gasteiger charge is 2.56. The third-order valence-corrected chi connectivity index (χ3v) is 3.21. The summed E-state index contributed by atoms with van der Waals surface area (Å²) in [4.78, 5) is 0. The zero-order valence-corrected chi connectivity index (χ0v) is 11.2. The van der Waals surface area contributed by atoms with Crippen LogP contribution < -0.4 is 10.6 Å². The minimum absolute atomic E-state index is 0.0297. The summed E-state index contributed by atoms with van der Waals surface area (Å²) >= 11 is 4.86. The number of halogens is 3. The summed E-state index contributed by atoms with van der Waals surface area (Å²) in [6.07, 6.45) is -3.37. The maximum absolute atomic E-state index is 13.5. The van der Waals surface area contributed by atoms with Crippen LogP contribution in [0.3, 0.4) is 0 Å². The molecule has 0 saturated carbocycles. The van der Waals surface area contributed by atoms with Crippen molar-refractivity contribution in [3.8, 4) is 0 Å². The van der Waals surface area contributed by atoms with Crippen LogP contribution in [0.15, 0.2) is 36.0 Å². The highest BCUT2D eigenvalue weighted by molar-refractivity contribution is 7.80. The van der Waals surface area contributed by atoms with Crippen LogP contribution in [0.4, 0.5) is 13.2 Å². The van der Waals surface area contributed by atoms with Gasteiger partial charge in [0, 0.05) is 5.70 Å². The van der Waals surface area contributed by atoms with E-state index < -0.39 is 11.7 Å². The maximum Gasteiger partial charge on any atom is 0.419 e. The molecule has 2 rings (SSSR count). The minimum Gasteiger partial charge on any atom is -0.342 e. The van der Waals surface area contributed by atoms with Gasteiger partial charge in [-0.15, -0.1) is 0 Å². The van der Waals surface area contributed by atoms with Gasteiger partial charge in [0.1, 0.15) is 0 Å². The molecule has 102 valence electrons. The minimum atomic E-state index is -4.49. The Kier molecular flexibility index (Phi) is 3.30. The van der Waals surface area contributed by atoms with Crippen LogP contribution in [0.25, 0.3) is 0 Å². The number of thiocarbonyl (C=S) groups is 1. The molecule has 2 N–H and O–H groups in total. The Balaban J connectivity index is 2.62. The number of rotatable bonds is 1. The van der Waals surface area contributed by atoms with Crippen molar-refractivity contribution in [2.75, 3.05) is 0 Å². The molecule has 2 nitrogen and oxygen atoms in total. The molecule has 0 fully saturated rings. The molecule has 1 heterocycles. The van der Waals surface area contributed by atoms with Crippen LogP contribution in [0.5, 0.6) is 0 Å². The lowest BCUT2D eigenvalue weighted by atomic mass is 9.86. The Hall–Kier alpha value is -1.56. The molecule has 0 bridgehead atoms. The molecule has 0 spiro atoms. The van der Waals surface area contributed by atoms with Gasteiger partial charge < -0.3 is 10.6 Å². The summed E-state index contributed by atoms with van der Waals surface area (Å²) in [6, 6.07) is 6.23. The second-order valence-corrected chi connectivity index (χ2v) is 4.99. The Morgan fingerprint density at radius 1 is 1.11 bits per heavy atom. The van der Waals surface area contributed by atoms with Gasteiger partial charge >= 0.3 is 6.18 Å². The Labute approximate surface area is 114 Å². The molecule has 0 radical (unpaired) electrons. The van der Waals surface area contributed by atoms with Crippen molar-refractivity contribution < 1.29 is 13.2 Å². The third kappa shape index (κ3) is 2.45. The Morgan fingerprint density at radius 2 is 1.68 bits per heavy atom. The summed E-state index contributed by atoms with van der Waals surface area (Å²) in [7, 11) is 0. The molecule has 1 aliphatic rings. The predicted octanol–water partition coefficient (Wildman–Crippen LogP) is 3.13. The van der Waals surface area contributed by atoms with Crippen molar-refractivity contribution >= 4 is 17.3 Å². The quantitative estimate of drug-likeness (QED) is 0.776. The smallest absolute Gasteiger partial charge is 0.342 e. The fourth-order valence-electron chi connectivity index (χ4n) is 2.07. The largest absolute Gasteiger partial charge is 0.419 e. The first kappa shape index (κ1) is 13.9. The van der Waals surface area contributed by atoms with Crippen molar-refractivity contribution in [2.45, 2.75) is 25.6 Å². The van der Waals surface area contributed by atoms with E-state index in [4.69, 9.17) is 12.2 Å². The zero-order chi connectivity index (χ0) is 14.3. The van der Waals surface area contributed by atoms with Gasteiger partial charge in [0.15, 0.2) is 10.7 Å². The van der Waals surface area contributed by atoms with Gasteiger partial charge in [0.25, 0.3) is 0 Å². The van der Waals surface area contributed by atoms with Crippen molar-refractivity contribution in [2.24, 2.45) is 0 Å². The summed E-state index contributed by atoms with van der Waals surface area (Å²) in [5, 5.41) is 4.99. The van der Waals surface area contributed by atoms with Gasteiger partial charge in [0.2, 0.25) is 0 Å². The van der Waals surface area contributed by atoms with Crippen LogP contribution in [-0.4, -0.2) is 11.3 Å². The van der Waals surface area contributed by atoms with Crippen LogP contribution in [-0.2, 0) is 5.54 Å². The van der Waals surface area contributed by atoms with Crippen molar-refractivity contribution in [1.29, 1.82) is 0 Å². The number of aryl methyl sites for hydroxylation is 1. The summed E-state index contributed by atoms with van der Waals surface area (Å²) in [5.74, 6) is 0. The molecular weight excluding hydrogens is 273 g/mol. The SMILES string of the molecule is CC1=CC(c2ccc(C)cc2)(C(F)(F)F)NC(=S)N1. The maximum atomic E-state index is 13.5. The molecular formula is C13H13F3N2S. The summed E-state index contributed by atoms with van der Waals surface area (Å²) in [6.45, 7) is 3.38. The van der Waals surface area contributed by atoms with E-state index in [0.29, 0.717) is 5.70 Å². The fraction of sp³-hybridized carbons (Fsp3) is 0.308. The van der Waals surface area contributed by atoms with Crippen molar-refractivity contribution in [3.05, 3.63) is 47.2 Å². The van der Waals surface area contributed by atoms with Gasteiger partial charge in [-0.05, 0) is 37.7 Å². The number of nitrogens with one attached hydrogen (secondary N) is 2. The number of hydrogen-bond donors (Lipinski definition) is 2. The van der Waals surface area contributed by atoms with Gasteiger partial charge in [-0.1, -0.05) is 29.8 Å². The van der Waals surface area contributed by atoms with Gasteiger partial charge in [-0.25, -0.2) is 0 Å². The Morgan fingerprint density at radius 3 is 2.16 bits per heavy atom. The first-order chi connectivity index (χ1) is 8.74. The average Bonchev–Trinajstić information content (AvgIpc) is 2.26. The highest BCUT2D eigenvalue weighted by Crippen LogP contribution is 2.41. The monoisotopic (exact) mass is 286 g/mol. The predicted molar refractivity (Wildman–Crippen MR) is 71.5 cm³/mol. The molecule has 0 aromatic heterocycles. The van der Waals surface area contributed by atoms with E-state index in [1.807, 2.05) is 6.92 Å². The lowest BCUT2D eigenvalue weighted by molar-refractivity contribution is -0.181. The third-order valence-electron chi connectivity index (χ3n) is 3.01. The molecule has 0 saturated heterocycles. The summed E-state index contributed by atoms with van der Waals surface area (Å²) < 4.78 is 40.6. The van der Waals surface area contributed by atoms with E-state index in [1.54, 1.807) is 19.1 Å². The van der Waals surface area contributed by atoms with Crippen LogP contribution >= 0.6 is 12.2 Å². The molecule has 1 unspecified atom stereocenters.